The molecule has 0 saturated carbocycles. The molecule has 0 spiro atoms. The highest BCUT2D eigenvalue weighted by Gasteiger charge is 2.35. The number of piperidine rings is 1. The molecule has 0 aliphatic carbocycles. The van der Waals surface area contributed by atoms with Crippen LogP contribution in [0.15, 0.2) is 42.5 Å². The lowest BCUT2D eigenvalue weighted by Gasteiger charge is -2.40. The van der Waals surface area contributed by atoms with Crippen LogP contribution in [-0.4, -0.2) is 54.2 Å². The van der Waals surface area contributed by atoms with Crippen molar-refractivity contribution in [2.45, 2.75) is 38.6 Å². The molecule has 1 unspecified atom stereocenters. The first-order chi connectivity index (χ1) is 15.0. The second-order valence-corrected chi connectivity index (χ2v) is 8.72. The molecule has 2 heterocycles. The summed E-state index contributed by atoms with van der Waals surface area (Å²) >= 11 is 0. The molecule has 2 aromatic rings. The molecule has 1 fully saturated rings. The average Bonchev–Trinajstić information content (AvgIpc) is 2.82. The van der Waals surface area contributed by atoms with Gasteiger partial charge in [0.25, 0.3) is 0 Å². The monoisotopic (exact) mass is 421 g/mol. The Kier molecular flexibility index (Phi) is 6.65. The third kappa shape index (κ3) is 4.49. The lowest BCUT2D eigenvalue weighted by atomic mass is 9.75. The molecule has 4 N–H and O–H groups in total. The van der Waals surface area contributed by atoms with Crippen LogP contribution in [0.2, 0.25) is 0 Å². The molecule has 1 saturated heterocycles. The van der Waals surface area contributed by atoms with E-state index in [1.807, 2.05) is 24.0 Å². The average molecular weight is 421 g/mol. The van der Waals surface area contributed by atoms with E-state index in [4.69, 9.17) is 5.73 Å². The summed E-state index contributed by atoms with van der Waals surface area (Å²) in [4.78, 5) is 17.5. The van der Waals surface area contributed by atoms with E-state index in [0.717, 1.165) is 49.3 Å². The second kappa shape index (κ2) is 9.43. The van der Waals surface area contributed by atoms with Crippen LogP contribution in [-0.2, 0) is 17.8 Å². The number of rotatable bonds is 5. The molecule has 0 aromatic heterocycles. The van der Waals surface area contributed by atoms with E-state index in [1.54, 1.807) is 6.07 Å². The first kappa shape index (κ1) is 21.9. The number of likely N-dealkylation sites (tertiary alicyclic amines) is 1. The molecule has 1 atom stereocenters. The summed E-state index contributed by atoms with van der Waals surface area (Å²) in [7, 11) is -1.51. The van der Waals surface area contributed by atoms with Gasteiger partial charge in [-0.15, -0.1) is 0 Å². The Morgan fingerprint density at radius 1 is 1.16 bits per heavy atom. The van der Waals surface area contributed by atoms with Crippen LogP contribution in [0.1, 0.15) is 42.4 Å². The third-order valence-corrected chi connectivity index (χ3v) is 6.85. The highest BCUT2D eigenvalue weighted by Crippen LogP contribution is 2.32. The van der Waals surface area contributed by atoms with Gasteiger partial charge in [0.05, 0.1) is 5.92 Å². The fourth-order valence-corrected chi connectivity index (χ4v) is 5.18. The number of benzene rings is 2. The largest absolute Gasteiger partial charge is 0.490 e. The van der Waals surface area contributed by atoms with E-state index in [1.165, 1.54) is 5.56 Å². The summed E-state index contributed by atoms with van der Waals surface area (Å²) in [5.74, 6) is 0.590. The van der Waals surface area contributed by atoms with E-state index < -0.39 is 7.12 Å². The molecule has 2 aliphatic heterocycles. The quantitative estimate of drug-likeness (QED) is 0.632. The lowest BCUT2D eigenvalue weighted by molar-refractivity contribution is -0.136. The number of carbonyl (C=O) groups excluding carboxylic acids is 1. The predicted octanol–water partition coefficient (Wildman–Crippen LogP) is 1.23. The van der Waals surface area contributed by atoms with Crippen molar-refractivity contribution in [2.24, 2.45) is 11.7 Å². The Bertz CT molecular complexity index is 928. The van der Waals surface area contributed by atoms with Crippen molar-refractivity contribution >= 4 is 24.2 Å². The Morgan fingerprint density at radius 2 is 1.90 bits per heavy atom. The number of para-hydroxylation sites is 1. The van der Waals surface area contributed by atoms with Gasteiger partial charge in [0.2, 0.25) is 5.91 Å². The van der Waals surface area contributed by atoms with Gasteiger partial charge >= 0.3 is 7.12 Å². The van der Waals surface area contributed by atoms with Crippen molar-refractivity contribution in [1.82, 2.24) is 4.90 Å². The number of hydrogen-bond donors (Lipinski definition) is 3. The summed E-state index contributed by atoms with van der Waals surface area (Å²) in [6.07, 6.45) is 2.59. The summed E-state index contributed by atoms with van der Waals surface area (Å²) < 4.78 is 0. The summed E-state index contributed by atoms with van der Waals surface area (Å²) in [5, 5.41) is 19.5. The number of nitrogens with zero attached hydrogens (tertiary/aromatic N) is 2. The molecular formula is C24H32BN3O3. The maximum atomic E-state index is 13.4. The summed E-state index contributed by atoms with van der Waals surface area (Å²) in [6.45, 7) is 5.49. The van der Waals surface area contributed by atoms with Crippen molar-refractivity contribution in [3.05, 3.63) is 59.2 Å². The fraction of sp³-hybridized carbons (Fsp3) is 0.458. The first-order valence-electron chi connectivity index (χ1n) is 11.3. The van der Waals surface area contributed by atoms with Gasteiger partial charge in [0.1, 0.15) is 0 Å². The summed E-state index contributed by atoms with van der Waals surface area (Å²) in [5.41, 5.74) is 10.7. The molecule has 7 heteroatoms. The number of nitrogens with two attached hydrogens (primary N) is 1. The van der Waals surface area contributed by atoms with Gasteiger partial charge in [0, 0.05) is 43.9 Å². The zero-order valence-electron chi connectivity index (χ0n) is 18.2. The van der Waals surface area contributed by atoms with E-state index >= 15 is 0 Å². The molecule has 1 amide bonds. The van der Waals surface area contributed by atoms with Crippen LogP contribution < -0.4 is 16.1 Å². The Hall–Kier alpha value is -2.35. The van der Waals surface area contributed by atoms with Gasteiger partial charge in [-0.3, -0.25) is 4.79 Å². The Labute approximate surface area is 184 Å². The first-order valence-corrected chi connectivity index (χ1v) is 11.3. The minimum Gasteiger partial charge on any atom is -0.423 e. The van der Waals surface area contributed by atoms with Gasteiger partial charge < -0.3 is 25.6 Å². The zero-order valence-corrected chi connectivity index (χ0v) is 18.2. The van der Waals surface area contributed by atoms with E-state index in [-0.39, 0.29) is 11.8 Å². The highest BCUT2D eigenvalue weighted by molar-refractivity contribution is 6.60. The third-order valence-electron chi connectivity index (χ3n) is 6.85. The summed E-state index contributed by atoms with van der Waals surface area (Å²) in [6, 6.07) is 14.1. The molecule has 0 radical (unpaired) electrons. The lowest BCUT2D eigenvalue weighted by Crippen LogP contribution is -2.49. The zero-order chi connectivity index (χ0) is 22.0. The van der Waals surface area contributed by atoms with Crippen LogP contribution in [0.4, 0.5) is 5.69 Å². The molecule has 0 bridgehead atoms. The number of anilines is 1. The van der Waals surface area contributed by atoms with Gasteiger partial charge in [-0.1, -0.05) is 42.5 Å². The van der Waals surface area contributed by atoms with Crippen LogP contribution in [0, 0.1) is 5.92 Å². The minimum absolute atomic E-state index is 0.101. The molecule has 164 valence electrons. The van der Waals surface area contributed by atoms with E-state index in [2.05, 4.69) is 29.2 Å². The van der Waals surface area contributed by atoms with Crippen LogP contribution >= 0.6 is 0 Å². The SMILES string of the molecule is CCN1CC(C(=O)N2CCC(c3cccc(CN)c3)CC2)Cc2cccc(B(O)O)c21. The van der Waals surface area contributed by atoms with Crippen LogP contribution in [0.5, 0.6) is 0 Å². The molecular weight excluding hydrogens is 389 g/mol. The topological polar surface area (TPSA) is 90.0 Å². The minimum atomic E-state index is -1.51. The fourth-order valence-electron chi connectivity index (χ4n) is 5.18. The van der Waals surface area contributed by atoms with E-state index in [9.17, 15) is 14.8 Å². The van der Waals surface area contributed by atoms with Crippen molar-refractivity contribution in [2.75, 3.05) is 31.1 Å². The maximum absolute atomic E-state index is 13.4. The van der Waals surface area contributed by atoms with Crippen molar-refractivity contribution in [1.29, 1.82) is 0 Å². The van der Waals surface area contributed by atoms with Gasteiger partial charge in [0.15, 0.2) is 0 Å². The highest BCUT2D eigenvalue weighted by atomic mass is 16.4. The van der Waals surface area contributed by atoms with Crippen LogP contribution in [0.25, 0.3) is 0 Å². The normalized spacial score (nSPS) is 19.3. The van der Waals surface area contributed by atoms with Crippen LogP contribution in [0.3, 0.4) is 0 Å². The molecule has 4 rings (SSSR count). The molecule has 2 aliphatic rings. The number of hydrogen-bond acceptors (Lipinski definition) is 5. The van der Waals surface area contributed by atoms with Gasteiger partial charge in [-0.25, -0.2) is 0 Å². The number of carbonyl (C=O) groups is 1. The molecule has 6 nitrogen and oxygen atoms in total. The Morgan fingerprint density at radius 3 is 2.58 bits per heavy atom. The number of amides is 1. The molecule has 31 heavy (non-hydrogen) atoms. The van der Waals surface area contributed by atoms with E-state index in [0.29, 0.717) is 30.9 Å². The second-order valence-electron chi connectivity index (χ2n) is 8.72. The Balaban J connectivity index is 1.44. The van der Waals surface area contributed by atoms with Crippen molar-refractivity contribution in [3.8, 4) is 0 Å². The van der Waals surface area contributed by atoms with Crippen molar-refractivity contribution in [3.63, 3.8) is 0 Å². The van der Waals surface area contributed by atoms with Gasteiger partial charge in [-0.05, 0) is 48.8 Å². The predicted molar refractivity (Wildman–Crippen MR) is 124 cm³/mol. The smallest absolute Gasteiger partial charge is 0.423 e. The van der Waals surface area contributed by atoms with Gasteiger partial charge in [-0.2, -0.15) is 0 Å². The van der Waals surface area contributed by atoms with Crippen molar-refractivity contribution < 1.29 is 14.8 Å². The molecule has 2 aromatic carbocycles. The number of fused-ring (bicyclic) bond motifs is 1. The standard InChI is InChI=1S/C24H32BN3O3/c1-2-27-16-21(14-20-7-4-8-22(23(20)27)25(30)31)24(29)28-11-9-18(10-12-28)19-6-3-5-17(13-19)15-26/h3-8,13,18,21,30-31H,2,9-12,14-16,26H2,1H3. The maximum Gasteiger partial charge on any atom is 0.490 e.